The third-order valence-electron chi connectivity index (χ3n) is 10.0. The Kier molecular flexibility index (Phi) is 26.8. The molecule has 8 unspecified atom stereocenters. The predicted molar refractivity (Wildman–Crippen MR) is 189 cm³/mol. The fourth-order valence-corrected chi connectivity index (χ4v) is 15.6. The summed E-state index contributed by atoms with van der Waals surface area (Å²) in [5, 5.41) is 24.5. The summed E-state index contributed by atoms with van der Waals surface area (Å²) < 4.78 is 0. The van der Waals surface area contributed by atoms with Gasteiger partial charge in [-0.2, -0.15) is 7.05 Å². The zero-order chi connectivity index (χ0) is 30.5. The van der Waals surface area contributed by atoms with Crippen LogP contribution >= 0.6 is 0 Å². The molecule has 8 atom stereocenters. The Hall–Kier alpha value is 1.74. The molecule has 0 aromatic carbocycles. The zero-order valence-electron chi connectivity index (χ0n) is 34.1. The average molecular weight is 673 g/mol. The molecule has 0 amide bonds. The van der Waals surface area contributed by atoms with Gasteiger partial charge in [0.1, 0.15) is 0 Å². The van der Waals surface area contributed by atoms with Crippen LogP contribution in [0.5, 0.6) is 0 Å². The molecule has 5 aliphatic rings. The van der Waals surface area contributed by atoms with Gasteiger partial charge < -0.3 is 30.9 Å². The number of hydrogen-bond donors (Lipinski definition) is 2. The molecular weight excluding hydrogens is 605 g/mol. The molecule has 244 valence electrons. The van der Waals surface area contributed by atoms with Gasteiger partial charge in [-0.15, -0.1) is 0 Å². The minimum atomic E-state index is -1.73. The Morgan fingerprint density at radius 2 is 1.33 bits per heavy atom. The van der Waals surface area contributed by atoms with Crippen LogP contribution in [-0.2, 0) is 21.7 Å². The molecule has 5 aliphatic carbocycles. The quantitative estimate of drug-likeness (QED) is 0.351. The molecule has 0 heterocycles. The number of aliphatic hydroxyl groups is 2. The van der Waals surface area contributed by atoms with Crippen LogP contribution < -0.4 is 56.6 Å². The van der Waals surface area contributed by atoms with Gasteiger partial charge in [0.05, 0.1) is 0 Å². The minimum Gasteiger partial charge on any atom is -1.00 e. The summed E-state index contributed by atoms with van der Waals surface area (Å²) in [6, 6.07) is 0. The molecule has 0 aromatic rings. The van der Waals surface area contributed by atoms with Crippen molar-refractivity contribution in [3.05, 3.63) is 66.4 Å². The Balaban J connectivity index is -0.000000132. The van der Waals surface area contributed by atoms with Crippen LogP contribution in [0, 0.1) is 41.9 Å². The van der Waals surface area contributed by atoms with Crippen LogP contribution in [0.4, 0.5) is 0 Å². The number of nitrogens with one attached hydrogen (secondary N) is 1. The van der Waals surface area contributed by atoms with Crippen molar-refractivity contribution in [2.24, 2.45) is 34.5 Å². The maximum absolute atomic E-state index is 8.36. The van der Waals surface area contributed by atoms with E-state index in [9.17, 15) is 0 Å². The van der Waals surface area contributed by atoms with Crippen molar-refractivity contribution >= 4 is 16.5 Å². The molecule has 3 fully saturated rings. The van der Waals surface area contributed by atoms with Gasteiger partial charge in [0.2, 0.25) is 0 Å². The fraction of sp³-hybridized carbons (Fsp3) is 0.743. The molecule has 4 nitrogen and oxygen atoms in total. The van der Waals surface area contributed by atoms with Crippen LogP contribution in [0.25, 0.3) is 10.4 Å². The first-order chi connectivity index (χ1) is 18.4. The summed E-state index contributed by atoms with van der Waals surface area (Å²) in [4.78, 5) is 4.88. The minimum absolute atomic E-state index is 0. The maximum Gasteiger partial charge on any atom is 2.00 e. The van der Waals surface area contributed by atoms with E-state index in [0.29, 0.717) is 22.3 Å². The van der Waals surface area contributed by atoms with Crippen molar-refractivity contribution in [1.29, 1.82) is 0 Å². The number of aliphatic hydroxyl groups excluding tert-OH is 2. The average Bonchev–Trinajstić information content (AvgIpc) is 3.43. The third kappa shape index (κ3) is 13.4. The van der Waals surface area contributed by atoms with Crippen LogP contribution in [0.1, 0.15) is 76.5 Å². The van der Waals surface area contributed by atoms with Crippen LogP contribution in [0.15, 0.2) is 48.6 Å². The Bertz CT molecular complexity index is 943. The maximum atomic E-state index is 8.36. The van der Waals surface area contributed by atoms with Crippen LogP contribution in [-0.4, -0.2) is 45.9 Å². The number of allylic oxidation sites excluding steroid dienone is 8. The molecule has 3 saturated carbocycles. The van der Waals surface area contributed by atoms with E-state index in [1.807, 2.05) is 0 Å². The zero-order valence-corrected chi connectivity index (χ0v) is 35.7. The smallest absolute Gasteiger partial charge is 1.00 e. The van der Waals surface area contributed by atoms with E-state index in [1.165, 1.54) is 32.1 Å². The van der Waals surface area contributed by atoms with Crippen LogP contribution in [0.2, 0.25) is 37.3 Å². The molecule has 45 heavy (non-hydrogen) atoms. The van der Waals surface area contributed by atoms with Crippen molar-refractivity contribution in [1.82, 2.24) is 0 Å². The second-order valence-electron chi connectivity index (χ2n) is 15.0. The van der Waals surface area contributed by atoms with E-state index in [0.717, 1.165) is 23.3 Å². The number of rotatable bonds is 3. The molecule has 0 spiro atoms. The summed E-state index contributed by atoms with van der Waals surface area (Å²) in [5.41, 5.74) is 2.43. The monoisotopic (exact) mass is 672 g/mol. The first kappa shape index (κ1) is 53.5. The van der Waals surface area contributed by atoms with E-state index in [1.54, 1.807) is 27.7 Å². The van der Waals surface area contributed by atoms with E-state index in [4.69, 9.17) is 20.6 Å². The first-order valence-corrected chi connectivity index (χ1v) is 22.0. The van der Waals surface area contributed by atoms with Crippen molar-refractivity contribution < 1.29 is 91.4 Å². The van der Waals surface area contributed by atoms with Crippen molar-refractivity contribution in [2.45, 2.75) is 123 Å². The molecular formula is C35H67Li3N2O2Si2Ti. The summed E-state index contributed by atoms with van der Waals surface area (Å²) >= 11 is 0. The molecule has 10 heteroatoms. The summed E-state index contributed by atoms with van der Waals surface area (Å²) in [6.07, 6.45) is 25.4. The summed E-state index contributed by atoms with van der Waals surface area (Å²) in [7, 11) is -1.14. The van der Waals surface area contributed by atoms with Gasteiger partial charge >= 0.3 is 78.3 Å². The summed E-state index contributed by atoms with van der Waals surface area (Å²) in [6.45, 7) is 21.1. The molecule has 0 saturated heterocycles. The molecule has 0 aromatic heterocycles. The first-order valence-electron chi connectivity index (χ1n) is 15.9. The van der Waals surface area contributed by atoms with Crippen molar-refractivity contribution in [3.63, 3.8) is 0 Å². The standard InChI is InChI=1S/C16H26NSi.C12H20NSi.2C3H8O.CH3.3Li.Ti.2H/c1-13-12-15-8-5-6-10-16(15,11-7-9-15)14(13)18(3,4)17-2;1-9-8-10-6-4-5-7-11(10)12(9)14(2,3)13;2*1-3(2)4;;;;;;;/h5-6,8,10,13-14H,7,9,11-12H2,1-4H3;4-7,9-13H,8H2,1-3H3;2*3-4H,1-2H3;1H3;;;;;;/q2*-1;;;-1;3*+1;+2;2*-1. The second kappa shape index (κ2) is 22.5. The second-order valence-corrected chi connectivity index (χ2v) is 23.5. The Morgan fingerprint density at radius 1 is 0.844 bits per heavy atom. The number of hydrogen-bond acceptors (Lipinski definition) is 2. The molecule has 0 aliphatic heterocycles. The molecule has 3 N–H and O–H groups in total. The van der Waals surface area contributed by atoms with E-state index >= 15 is 0 Å². The van der Waals surface area contributed by atoms with Gasteiger partial charge in [-0.1, -0.05) is 123 Å². The topological polar surface area (TPSA) is 78.4 Å². The Morgan fingerprint density at radius 3 is 1.82 bits per heavy atom. The molecule has 5 rings (SSSR count). The number of fused-ring (bicyclic) bond motifs is 1. The molecule has 0 bridgehead atoms. The Labute approximate surface area is 336 Å². The van der Waals surface area contributed by atoms with E-state index in [2.05, 4.69) is 95.7 Å². The number of nitrogens with zero attached hydrogens (tertiary/aromatic N) is 1. The van der Waals surface area contributed by atoms with Crippen molar-refractivity contribution in [3.8, 4) is 0 Å². The fourth-order valence-electron chi connectivity index (χ4n) is 9.17. The normalized spacial score (nSPS) is 33.0. The van der Waals surface area contributed by atoms with Gasteiger partial charge in [0.15, 0.2) is 0 Å². The van der Waals surface area contributed by atoms with Gasteiger partial charge in [-0.05, 0) is 87.9 Å². The third-order valence-corrected chi connectivity index (χ3v) is 16.4. The van der Waals surface area contributed by atoms with Gasteiger partial charge in [-0.3, -0.25) is 0 Å². The summed E-state index contributed by atoms with van der Waals surface area (Å²) in [5.74, 6) is 2.99. The SMILES string of the molecule is CC(C)O.CC(C)O.CC1CC2C=CC=CC2C1[Si](C)(C)[NH-].C[N-][Si](C)(C)C1C(C)CC23C=CC=CC12CCC3.[CH3-].[H-].[H-].[Li+].[Li+].[Li+].[Ti+2]. The van der Waals surface area contributed by atoms with E-state index < -0.39 is 16.5 Å². The van der Waals surface area contributed by atoms with E-state index in [-0.39, 0.29) is 101 Å². The molecule has 0 radical (unpaired) electrons. The van der Waals surface area contributed by atoms with Gasteiger partial charge in [-0.25, -0.2) is 0 Å². The largest absolute Gasteiger partial charge is 2.00 e. The van der Waals surface area contributed by atoms with Gasteiger partial charge in [0, 0.05) is 12.2 Å². The predicted octanol–water partition coefficient (Wildman–Crippen LogP) is 1.36. The van der Waals surface area contributed by atoms with Crippen molar-refractivity contribution in [2.75, 3.05) is 7.05 Å². The van der Waals surface area contributed by atoms with Crippen LogP contribution in [0.3, 0.4) is 0 Å². The van der Waals surface area contributed by atoms with Gasteiger partial charge in [0.25, 0.3) is 0 Å².